The Morgan fingerprint density at radius 1 is 1.43 bits per heavy atom. The maximum Gasteiger partial charge on any atom is 0.238 e. The number of nitrogens with two attached hydrogens (primary N) is 1. The number of nitrogens with zero attached hydrogens (tertiary/aromatic N) is 1. The number of amides is 1. The molecule has 0 radical (unpaired) electrons. The van der Waals surface area contributed by atoms with Crippen molar-refractivity contribution in [2.75, 3.05) is 25.0 Å². The Morgan fingerprint density at radius 3 is 2.86 bits per heavy atom. The molecule has 5 nitrogen and oxygen atoms in total. The van der Waals surface area contributed by atoms with Crippen LogP contribution in [0.1, 0.15) is 30.1 Å². The number of nitrogens with one attached hydrogen (secondary N) is 1. The third-order valence-corrected chi connectivity index (χ3v) is 3.67. The van der Waals surface area contributed by atoms with Crippen LogP contribution in [0.25, 0.3) is 0 Å². The molecule has 1 aliphatic rings. The standard InChI is InChI=1S/C15H21N3O2.ClH/c1-11(19)12-4-2-5-13(8-12)17-15(20)10-18-7-3-6-14(18)9-16;/h2,4-5,8,14H,3,6-7,9-10,16H2,1H3,(H,17,20);1H. The lowest BCUT2D eigenvalue weighted by Gasteiger charge is -2.22. The van der Waals surface area contributed by atoms with E-state index in [9.17, 15) is 9.59 Å². The summed E-state index contributed by atoms with van der Waals surface area (Å²) in [7, 11) is 0. The molecule has 0 saturated carbocycles. The lowest BCUT2D eigenvalue weighted by atomic mass is 10.1. The summed E-state index contributed by atoms with van der Waals surface area (Å²) in [5, 5.41) is 2.84. The Kier molecular flexibility index (Phi) is 6.81. The van der Waals surface area contributed by atoms with Crippen LogP contribution < -0.4 is 11.1 Å². The van der Waals surface area contributed by atoms with Gasteiger partial charge >= 0.3 is 0 Å². The first-order chi connectivity index (χ1) is 9.60. The smallest absolute Gasteiger partial charge is 0.238 e. The second-order valence-corrected chi connectivity index (χ2v) is 5.19. The highest BCUT2D eigenvalue weighted by molar-refractivity contribution is 5.97. The monoisotopic (exact) mass is 311 g/mol. The molecule has 6 heteroatoms. The number of carbonyl (C=O) groups is 2. The SMILES string of the molecule is CC(=O)c1cccc(NC(=O)CN2CCCC2CN)c1.Cl. The maximum absolute atomic E-state index is 12.0. The Bertz CT molecular complexity index is 507. The van der Waals surface area contributed by atoms with Gasteiger partial charge in [-0.15, -0.1) is 12.4 Å². The summed E-state index contributed by atoms with van der Waals surface area (Å²) in [6, 6.07) is 7.30. The number of anilines is 1. The van der Waals surface area contributed by atoms with Crippen LogP contribution in [-0.2, 0) is 4.79 Å². The lowest BCUT2D eigenvalue weighted by Crippen LogP contribution is -2.40. The molecular weight excluding hydrogens is 290 g/mol. The van der Waals surface area contributed by atoms with Crippen LogP contribution in [0.2, 0.25) is 0 Å². The lowest BCUT2D eigenvalue weighted by molar-refractivity contribution is -0.117. The number of ketones is 1. The number of likely N-dealkylation sites (tertiary alicyclic amines) is 1. The summed E-state index contributed by atoms with van der Waals surface area (Å²) in [6.07, 6.45) is 2.15. The van der Waals surface area contributed by atoms with Crippen molar-refractivity contribution < 1.29 is 9.59 Å². The van der Waals surface area contributed by atoms with Gasteiger partial charge in [0.1, 0.15) is 0 Å². The van der Waals surface area contributed by atoms with E-state index < -0.39 is 0 Å². The predicted molar refractivity (Wildman–Crippen MR) is 86.0 cm³/mol. The number of benzene rings is 1. The van der Waals surface area contributed by atoms with E-state index in [4.69, 9.17) is 5.73 Å². The Balaban J connectivity index is 0.00000220. The maximum atomic E-state index is 12.0. The molecule has 116 valence electrons. The largest absolute Gasteiger partial charge is 0.329 e. The minimum atomic E-state index is -0.0638. The zero-order valence-electron chi connectivity index (χ0n) is 12.2. The number of hydrogen-bond donors (Lipinski definition) is 2. The average Bonchev–Trinajstić information content (AvgIpc) is 2.86. The molecule has 1 aliphatic heterocycles. The highest BCUT2D eigenvalue weighted by Crippen LogP contribution is 2.16. The third-order valence-electron chi connectivity index (χ3n) is 3.67. The number of Topliss-reactive ketones (excluding diaryl/α,β-unsaturated/α-hetero) is 1. The molecule has 1 heterocycles. The van der Waals surface area contributed by atoms with Crippen LogP contribution >= 0.6 is 12.4 Å². The van der Waals surface area contributed by atoms with Gasteiger partial charge in [0.25, 0.3) is 0 Å². The van der Waals surface area contributed by atoms with Gasteiger partial charge in [-0.25, -0.2) is 0 Å². The number of halogens is 1. The van der Waals surface area contributed by atoms with Crippen molar-refractivity contribution in [2.45, 2.75) is 25.8 Å². The van der Waals surface area contributed by atoms with E-state index in [-0.39, 0.29) is 24.1 Å². The van der Waals surface area contributed by atoms with E-state index in [1.807, 2.05) is 0 Å². The van der Waals surface area contributed by atoms with E-state index in [0.29, 0.717) is 30.4 Å². The number of hydrogen-bond acceptors (Lipinski definition) is 4. The van der Waals surface area contributed by atoms with Crippen molar-refractivity contribution in [3.05, 3.63) is 29.8 Å². The molecule has 2 rings (SSSR count). The van der Waals surface area contributed by atoms with Gasteiger partial charge < -0.3 is 11.1 Å². The molecule has 1 saturated heterocycles. The second kappa shape index (κ2) is 8.12. The minimum Gasteiger partial charge on any atom is -0.329 e. The van der Waals surface area contributed by atoms with Crippen molar-refractivity contribution in [1.29, 1.82) is 0 Å². The molecule has 0 aliphatic carbocycles. The van der Waals surface area contributed by atoms with Crippen LogP contribution in [0, 0.1) is 0 Å². The molecule has 1 fully saturated rings. The van der Waals surface area contributed by atoms with Crippen LogP contribution in [0.3, 0.4) is 0 Å². The normalized spacial score (nSPS) is 18.1. The summed E-state index contributed by atoms with van der Waals surface area (Å²) < 4.78 is 0. The van der Waals surface area contributed by atoms with Gasteiger partial charge in [-0.05, 0) is 38.4 Å². The van der Waals surface area contributed by atoms with Gasteiger partial charge in [0.2, 0.25) is 5.91 Å². The fourth-order valence-corrected chi connectivity index (χ4v) is 2.57. The van der Waals surface area contributed by atoms with Crippen molar-refractivity contribution in [3.8, 4) is 0 Å². The average molecular weight is 312 g/mol. The summed E-state index contributed by atoms with van der Waals surface area (Å²) in [6.45, 7) is 3.37. The molecule has 1 amide bonds. The number of rotatable bonds is 5. The molecule has 1 aromatic carbocycles. The predicted octanol–water partition coefficient (Wildman–Crippen LogP) is 1.67. The zero-order chi connectivity index (χ0) is 14.5. The highest BCUT2D eigenvalue weighted by Gasteiger charge is 2.24. The van der Waals surface area contributed by atoms with Gasteiger partial charge in [0, 0.05) is 23.8 Å². The second-order valence-electron chi connectivity index (χ2n) is 5.19. The fourth-order valence-electron chi connectivity index (χ4n) is 2.57. The summed E-state index contributed by atoms with van der Waals surface area (Å²) in [4.78, 5) is 25.5. The van der Waals surface area contributed by atoms with Crippen molar-refractivity contribution in [3.63, 3.8) is 0 Å². The van der Waals surface area contributed by atoms with Gasteiger partial charge in [-0.2, -0.15) is 0 Å². The molecule has 0 spiro atoms. The fraction of sp³-hybridized carbons (Fsp3) is 0.467. The Morgan fingerprint density at radius 2 is 2.19 bits per heavy atom. The van der Waals surface area contributed by atoms with Crippen LogP contribution in [-0.4, -0.2) is 42.3 Å². The van der Waals surface area contributed by atoms with Crippen LogP contribution in [0.15, 0.2) is 24.3 Å². The van der Waals surface area contributed by atoms with Crippen LogP contribution in [0.5, 0.6) is 0 Å². The molecular formula is C15H22ClN3O2. The van der Waals surface area contributed by atoms with Crippen molar-refractivity contribution >= 4 is 29.8 Å². The van der Waals surface area contributed by atoms with E-state index in [2.05, 4.69) is 10.2 Å². The van der Waals surface area contributed by atoms with E-state index in [1.54, 1.807) is 24.3 Å². The first kappa shape index (κ1) is 17.6. The molecule has 0 aromatic heterocycles. The van der Waals surface area contributed by atoms with E-state index in [0.717, 1.165) is 19.4 Å². The van der Waals surface area contributed by atoms with Crippen molar-refractivity contribution in [2.24, 2.45) is 5.73 Å². The van der Waals surface area contributed by atoms with Crippen LogP contribution in [0.4, 0.5) is 5.69 Å². The number of carbonyl (C=O) groups excluding carboxylic acids is 2. The highest BCUT2D eigenvalue weighted by atomic mass is 35.5. The summed E-state index contributed by atoms with van der Waals surface area (Å²) in [5.74, 6) is -0.0742. The first-order valence-electron chi connectivity index (χ1n) is 6.95. The van der Waals surface area contributed by atoms with E-state index in [1.165, 1.54) is 6.92 Å². The topological polar surface area (TPSA) is 75.4 Å². The molecule has 1 aromatic rings. The first-order valence-corrected chi connectivity index (χ1v) is 6.95. The summed E-state index contributed by atoms with van der Waals surface area (Å²) in [5.41, 5.74) is 6.95. The van der Waals surface area contributed by atoms with E-state index >= 15 is 0 Å². The van der Waals surface area contributed by atoms with Gasteiger partial charge in [0.15, 0.2) is 5.78 Å². The molecule has 1 atom stereocenters. The Hall–Kier alpha value is -1.43. The van der Waals surface area contributed by atoms with Gasteiger partial charge in [0.05, 0.1) is 6.54 Å². The Labute approximate surface area is 131 Å². The molecule has 3 N–H and O–H groups in total. The van der Waals surface area contributed by atoms with Crippen molar-refractivity contribution in [1.82, 2.24) is 4.90 Å². The minimum absolute atomic E-state index is 0. The quantitative estimate of drug-likeness (QED) is 0.811. The third kappa shape index (κ3) is 4.81. The molecule has 1 unspecified atom stereocenters. The molecule has 0 bridgehead atoms. The molecule has 21 heavy (non-hydrogen) atoms. The van der Waals surface area contributed by atoms with Gasteiger partial charge in [-0.1, -0.05) is 12.1 Å². The van der Waals surface area contributed by atoms with Gasteiger partial charge in [-0.3, -0.25) is 14.5 Å². The summed E-state index contributed by atoms with van der Waals surface area (Å²) >= 11 is 0. The zero-order valence-corrected chi connectivity index (χ0v) is 13.0.